The number of carbonyl (C=O) groups excluding carboxylic acids is 1. The van der Waals surface area contributed by atoms with Crippen LogP contribution in [0.2, 0.25) is 5.02 Å². The summed E-state index contributed by atoms with van der Waals surface area (Å²) in [4.78, 5) is 20.5. The van der Waals surface area contributed by atoms with Crippen molar-refractivity contribution in [1.82, 2.24) is 9.88 Å². The summed E-state index contributed by atoms with van der Waals surface area (Å²) in [7, 11) is 0. The van der Waals surface area contributed by atoms with Crippen molar-refractivity contribution in [2.24, 2.45) is 0 Å². The van der Waals surface area contributed by atoms with Gasteiger partial charge >= 0.3 is 0 Å². The van der Waals surface area contributed by atoms with Crippen LogP contribution in [-0.4, -0.2) is 42.0 Å². The normalized spacial score (nSPS) is 14.1. The zero-order valence-electron chi connectivity index (χ0n) is 16.1. The molecular formula is C22H17ClF2N4O. The molecule has 0 spiro atoms. The van der Waals surface area contributed by atoms with E-state index >= 15 is 0 Å². The number of piperazine rings is 1. The van der Waals surface area contributed by atoms with Crippen molar-refractivity contribution in [1.29, 1.82) is 5.26 Å². The number of benzene rings is 2. The van der Waals surface area contributed by atoms with E-state index in [1.807, 2.05) is 4.90 Å². The van der Waals surface area contributed by atoms with E-state index in [9.17, 15) is 18.8 Å². The van der Waals surface area contributed by atoms with Gasteiger partial charge in [-0.05, 0) is 42.8 Å². The lowest BCUT2D eigenvalue weighted by atomic mass is 10.0. The van der Waals surface area contributed by atoms with E-state index in [4.69, 9.17) is 11.6 Å². The Bertz CT molecular complexity index is 1200. The van der Waals surface area contributed by atoms with Crippen LogP contribution in [0.5, 0.6) is 0 Å². The third-order valence-electron chi connectivity index (χ3n) is 5.26. The molecule has 1 aliphatic rings. The second-order valence-corrected chi connectivity index (χ2v) is 7.59. The van der Waals surface area contributed by atoms with Gasteiger partial charge in [0.1, 0.15) is 17.7 Å². The van der Waals surface area contributed by atoms with E-state index in [0.29, 0.717) is 53.9 Å². The molecule has 0 aliphatic carbocycles. The number of aryl methyl sites for hydroxylation is 1. The molecule has 152 valence electrons. The average Bonchev–Trinajstić information content (AvgIpc) is 2.74. The van der Waals surface area contributed by atoms with Gasteiger partial charge in [-0.15, -0.1) is 0 Å². The van der Waals surface area contributed by atoms with Gasteiger partial charge in [-0.3, -0.25) is 9.78 Å². The average molecular weight is 427 g/mol. The standard InChI is InChI=1S/C22H17ClF2N4O/c1-13-8-16(24)10-18-20(13)27-12-14(11-26)21(18)28-4-6-29(7-5-28)22(30)17-9-15(23)2-3-19(17)25/h2-3,8-10,12H,4-7H2,1H3. The molecule has 5 nitrogen and oxygen atoms in total. The maximum absolute atomic E-state index is 14.1. The molecule has 3 aromatic rings. The minimum atomic E-state index is -0.621. The lowest BCUT2D eigenvalue weighted by molar-refractivity contribution is 0.0742. The summed E-state index contributed by atoms with van der Waals surface area (Å²) in [6.07, 6.45) is 1.49. The number of nitrogens with zero attached hydrogens (tertiary/aromatic N) is 4. The zero-order valence-corrected chi connectivity index (χ0v) is 16.9. The molecule has 30 heavy (non-hydrogen) atoms. The van der Waals surface area contributed by atoms with Crippen molar-refractivity contribution in [2.45, 2.75) is 6.92 Å². The summed E-state index contributed by atoms with van der Waals surface area (Å²) in [5, 5.41) is 10.4. The quantitative estimate of drug-likeness (QED) is 0.612. The molecule has 8 heteroatoms. The second kappa shape index (κ2) is 7.88. The van der Waals surface area contributed by atoms with Gasteiger partial charge in [0.25, 0.3) is 5.91 Å². The number of halogens is 3. The minimum Gasteiger partial charge on any atom is -0.366 e. The van der Waals surface area contributed by atoms with Gasteiger partial charge in [-0.1, -0.05) is 11.6 Å². The van der Waals surface area contributed by atoms with E-state index in [1.165, 1.54) is 36.5 Å². The number of carbonyl (C=O) groups is 1. The Balaban J connectivity index is 1.63. The number of fused-ring (bicyclic) bond motifs is 1. The summed E-state index contributed by atoms with van der Waals surface area (Å²) < 4.78 is 28.1. The number of pyridine rings is 1. The van der Waals surface area contributed by atoms with Crippen molar-refractivity contribution in [3.8, 4) is 6.07 Å². The smallest absolute Gasteiger partial charge is 0.257 e. The number of hydrogen-bond acceptors (Lipinski definition) is 4. The number of hydrogen-bond donors (Lipinski definition) is 0. The van der Waals surface area contributed by atoms with E-state index in [1.54, 1.807) is 11.8 Å². The van der Waals surface area contributed by atoms with Gasteiger partial charge in [-0.2, -0.15) is 5.26 Å². The molecule has 2 heterocycles. The van der Waals surface area contributed by atoms with E-state index < -0.39 is 17.5 Å². The molecular weight excluding hydrogens is 410 g/mol. The Kier molecular flexibility index (Phi) is 5.27. The highest BCUT2D eigenvalue weighted by Crippen LogP contribution is 2.32. The first-order valence-corrected chi connectivity index (χ1v) is 9.75. The van der Waals surface area contributed by atoms with E-state index in [2.05, 4.69) is 11.1 Å². The fraction of sp³-hybridized carbons (Fsp3) is 0.227. The van der Waals surface area contributed by atoms with E-state index in [-0.39, 0.29) is 10.6 Å². The molecule has 1 aromatic heterocycles. The van der Waals surface area contributed by atoms with Crippen LogP contribution in [0.25, 0.3) is 10.9 Å². The first-order valence-electron chi connectivity index (χ1n) is 9.37. The van der Waals surface area contributed by atoms with Crippen LogP contribution in [0.4, 0.5) is 14.5 Å². The highest BCUT2D eigenvalue weighted by atomic mass is 35.5. The summed E-state index contributed by atoms with van der Waals surface area (Å²) in [6.45, 7) is 3.25. The van der Waals surface area contributed by atoms with Gasteiger partial charge < -0.3 is 9.80 Å². The molecule has 4 rings (SSSR count). The largest absolute Gasteiger partial charge is 0.366 e. The predicted molar refractivity (Wildman–Crippen MR) is 111 cm³/mol. The second-order valence-electron chi connectivity index (χ2n) is 7.15. The van der Waals surface area contributed by atoms with Gasteiger partial charge in [0.15, 0.2) is 0 Å². The fourth-order valence-electron chi connectivity index (χ4n) is 3.81. The Morgan fingerprint density at radius 3 is 2.60 bits per heavy atom. The first kappa shape index (κ1) is 20.0. The predicted octanol–water partition coefficient (Wildman–Crippen LogP) is 4.31. The zero-order chi connectivity index (χ0) is 21.4. The Labute approximate surface area is 177 Å². The third-order valence-corrected chi connectivity index (χ3v) is 5.50. The molecule has 0 saturated carbocycles. The topological polar surface area (TPSA) is 60.2 Å². The molecule has 0 unspecified atom stereocenters. The van der Waals surface area contributed by atoms with Crippen molar-refractivity contribution < 1.29 is 13.6 Å². The number of aromatic nitrogens is 1. The lowest BCUT2D eigenvalue weighted by Crippen LogP contribution is -2.49. The first-order chi connectivity index (χ1) is 14.4. The van der Waals surface area contributed by atoms with Crippen molar-refractivity contribution in [3.05, 3.63) is 69.9 Å². The van der Waals surface area contributed by atoms with Crippen LogP contribution in [-0.2, 0) is 0 Å². The Morgan fingerprint density at radius 2 is 1.90 bits per heavy atom. The molecule has 0 N–H and O–H groups in total. The highest BCUT2D eigenvalue weighted by molar-refractivity contribution is 6.31. The summed E-state index contributed by atoms with van der Waals surface area (Å²) in [6, 6.07) is 8.80. The van der Waals surface area contributed by atoms with Crippen molar-refractivity contribution in [2.75, 3.05) is 31.1 Å². The number of nitriles is 1. The minimum absolute atomic E-state index is 0.0688. The molecule has 0 bridgehead atoms. The number of anilines is 1. The fourth-order valence-corrected chi connectivity index (χ4v) is 3.98. The summed E-state index contributed by atoms with van der Waals surface area (Å²) in [5.41, 5.74) is 2.19. The van der Waals surface area contributed by atoms with Crippen molar-refractivity contribution >= 4 is 34.1 Å². The molecule has 1 fully saturated rings. The summed E-state index contributed by atoms with van der Waals surface area (Å²) >= 11 is 5.90. The molecule has 1 aliphatic heterocycles. The van der Waals surface area contributed by atoms with Gasteiger partial charge in [0.2, 0.25) is 0 Å². The van der Waals surface area contributed by atoms with Crippen molar-refractivity contribution in [3.63, 3.8) is 0 Å². The number of rotatable bonds is 2. The van der Waals surface area contributed by atoms with Crippen LogP contribution < -0.4 is 4.90 Å². The van der Waals surface area contributed by atoms with Crippen LogP contribution >= 0.6 is 11.6 Å². The molecule has 1 amide bonds. The van der Waals surface area contributed by atoms with Gasteiger partial charge in [0, 0.05) is 42.8 Å². The highest BCUT2D eigenvalue weighted by Gasteiger charge is 2.27. The third kappa shape index (κ3) is 3.55. The Morgan fingerprint density at radius 1 is 1.17 bits per heavy atom. The van der Waals surface area contributed by atoms with Crippen LogP contribution in [0, 0.1) is 29.9 Å². The SMILES string of the molecule is Cc1cc(F)cc2c(N3CCN(C(=O)c4cc(Cl)ccc4F)CC3)c(C#N)cnc12. The maximum Gasteiger partial charge on any atom is 0.257 e. The molecule has 0 atom stereocenters. The molecule has 1 saturated heterocycles. The van der Waals surface area contributed by atoms with Crippen LogP contribution in [0.3, 0.4) is 0 Å². The monoisotopic (exact) mass is 426 g/mol. The molecule has 2 aromatic carbocycles. The van der Waals surface area contributed by atoms with Gasteiger partial charge in [0.05, 0.1) is 22.3 Å². The Hall–Kier alpha value is -3.24. The number of amides is 1. The van der Waals surface area contributed by atoms with Crippen LogP contribution in [0.1, 0.15) is 21.5 Å². The van der Waals surface area contributed by atoms with Crippen LogP contribution in [0.15, 0.2) is 36.5 Å². The lowest BCUT2D eigenvalue weighted by Gasteiger charge is -2.37. The van der Waals surface area contributed by atoms with Gasteiger partial charge in [-0.25, -0.2) is 8.78 Å². The summed E-state index contributed by atoms with van der Waals surface area (Å²) in [5.74, 6) is -1.45. The molecule has 0 radical (unpaired) electrons. The maximum atomic E-state index is 14.1. The van der Waals surface area contributed by atoms with E-state index in [0.717, 1.165) is 0 Å².